The Labute approximate surface area is 128 Å². The first-order valence-corrected chi connectivity index (χ1v) is 8.76. The maximum absolute atomic E-state index is 12.1. The van der Waals surface area contributed by atoms with Gasteiger partial charge in [0, 0.05) is 19.1 Å². The molecule has 1 aromatic rings. The highest BCUT2D eigenvalue weighted by Gasteiger charge is 2.12. The lowest BCUT2D eigenvalue weighted by Gasteiger charge is -2.11. The monoisotopic (exact) mass is 313 g/mol. The zero-order valence-corrected chi connectivity index (χ0v) is 14.2. The van der Waals surface area contributed by atoms with Crippen LogP contribution >= 0.6 is 0 Å². The van der Waals surface area contributed by atoms with Gasteiger partial charge in [-0.25, -0.2) is 13.1 Å². The third kappa shape index (κ3) is 7.04. The number of nitrogens with zero attached hydrogens (tertiary/aromatic N) is 1. The van der Waals surface area contributed by atoms with E-state index >= 15 is 0 Å². The lowest BCUT2D eigenvalue weighted by Crippen LogP contribution is -2.27. The van der Waals surface area contributed by atoms with Crippen molar-refractivity contribution in [3.63, 3.8) is 0 Å². The van der Waals surface area contributed by atoms with Crippen LogP contribution in [0.5, 0.6) is 0 Å². The second-order valence-electron chi connectivity index (χ2n) is 5.73. The maximum atomic E-state index is 12.1. The number of hydrogen-bond donors (Lipinski definition) is 2. The normalized spacial score (nSPS) is 12.3. The van der Waals surface area contributed by atoms with Crippen LogP contribution in [-0.2, 0) is 16.6 Å². The quantitative estimate of drug-likeness (QED) is 0.677. The first kappa shape index (κ1) is 18.1. The van der Waals surface area contributed by atoms with Crippen LogP contribution in [0.3, 0.4) is 0 Å². The van der Waals surface area contributed by atoms with E-state index in [1.165, 1.54) is 0 Å². The molecule has 0 aliphatic rings. The van der Waals surface area contributed by atoms with Gasteiger partial charge in [-0.3, -0.25) is 0 Å². The van der Waals surface area contributed by atoms with Gasteiger partial charge in [0.05, 0.1) is 4.90 Å². The molecule has 1 rings (SSSR count). The minimum Gasteiger partial charge on any atom is -0.310 e. The molecule has 1 aromatic carbocycles. The van der Waals surface area contributed by atoms with Crippen molar-refractivity contribution in [1.29, 1.82) is 0 Å². The maximum Gasteiger partial charge on any atom is 0.240 e. The summed E-state index contributed by atoms with van der Waals surface area (Å²) in [6, 6.07) is 7.43. The summed E-state index contributed by atoms with van der Waals surface area (Å²) in [6.07, 6.45) is 0.794. The van der Waals surface area contributed by atoms with Crippen molar-refractivity contribution in [2.24, 2.45) is 0 Å². The van der Waals surface area contributed by atoms with E-state index in [-0.39, 0.29) is 0 Å². The lowest BCUT2D eigenvalue weighted by molar-refractivity contribution is 0.400. The van der Waals surface area contributed by atoms with Gasteiger partial charge in [-0.2, -0.15) is 0 Å². The fourth-order valence-electron chi connectivity index (χ4n) is 1.79. The molecule has 0 radical (unpaired) electrons. The fourth-order valence-corrected chi connectivity index (χ4v) is 2.87. The average Bonchev–Trinajstić information content (AvgIpc) is 2.41. The summed E-state index contributed by atoms with van der Waals surface area (Å²) in [4.78, 5) is 2.35. The van der Waals surface area contributed by atoms with E-state index in [1.807, 2.05) is 31.1 Å². The van der Waals surface area contributed by atoms with E-state index < -0.39 is 10.0 Å². The second kappa shape index (κ2) is 8.48. The Bertz CT molecular complexity index is 510. The van der Waals surface area contributed by atoms with Gasteiger partial charge in [0.25, 0.3) is 0 Å². The highest BCUT2D eigenvalue weighted by molar-refractivity contribution is 7.89. The van der Waals surface area contributed by atoms with E-state index in [1.54, 1.807) is 12.1 Å². The van der Waals surface area contributed by atoms with E-state index in [0.29, 0.717) is 17.5 Å². The molecule has 0 heterocycles. The standard InChI is InChI=1S/C15H27N3O2S/c1-13(2)16-12-14-6-8-15(9-7-14)21(19,20)17-10-5-11-18(3)4/h6-9,13,16-17H,5,10-12H2,1-4H3. The molecule has 0 saturated carbocycles. The lowest BCUT2D eigenvalue weighted by atomic mass is 10.2. The summed E-state index contributed by atoms with van der Waals surface area (Å²) in [6.45, 7) is 6.22. The van der Waals surface area contributed by atoms with Gasteiger partial charge in [0.1, 0.15) is 0 Å². The van der Waals surface area contributed by atoms with E-state index in [0.717, 1.165) is 25.1 Å². The highest BCUT2D eigenvalue weighted by atomic mass is 32.2. The molecule has 120 valence electrons. The van der Waals surface area contributed by atoms with Crippen molar-refractivity contribution in [2.45, 2.75) is 37.8 Å². The number of sulfonamides is 1. The Morgan fingerprint density at radius 2 is 1.76 bits per heavy atom. The molecule has 0 bridgehead atoms. The first-order chi connectivity index (χ1) is 9.81. The molecule has 0 aliphatic carbocycles. The molecule has 0 aromatic heterocycles. The summed E-state index contributed by atoms with van der Waals surface area (Å²) in [7, 11) is 0.546. The molecule has 21 heavy (non-hydrogen) atoms. The molecule has 0 fully saturated rings. The summed E-state index contributed by atoms with van der Waals surface area (Å²) in [5.41, 5.74) is 1.08. The molecule has 0 saturated heterocycles. The zero-order chi connectivity index (χ0) is 15.9. The second-order valence-corrected chi connectivity index (χ2v) is 7.50. The number of hydrogen-bond acceptors (Lipinski definition) is 4. The largest absolute Gasteiger partial charge is 0.310 e. The van der Waals surface area contributed by atoms with Gasteiger partial charge in [-0.15, -0.1) is 0 Å². The van der Waals surface area contributed by atoms with Crippen molar-refractivity contribution >= 4 is 10.0 Å². The third-order valence-electron chi connectivity index (χ3n) is 3.02. The average molecular weight is 313 g/mol. The summed E-state index contributed by atoms with van der Waals surface area (Å²) >= 11 is 0. The van der Waals surface area contributed by atoms with Crippen molar-refractivity contribution in [1.82, 2.24) is 14.9 Å². The van der Waals surface area contributed by atoms with Gasteiger partial charge in [-0.1, -0.05) is 26.0 Å². The minimum absolute atomic E-state index is 0.320. The van der Waals surface area contributed by atoms with E-state index in [4.69, 9.17) is 0 Å². The zero-order valence-electron chi connectivity index (χ0n) is 13.4. The highest BCUT2D eigenvalue weighted by Crippen LogP contribution is 2.10. The molecule has 0 atom stereocenters. The minimum atomic E-state index is -3.40. The van der Waals surface area contributed by atoms with E-state index in [2.05, 4.69) is 23.9 Å². The summed E-state index contributed by atoms with van der Waals surface area (Å²) < 4.78 is 26.9. The molecular formula is C15H27N3O2S. The summed E-state index contributed by atoms with van der Waals surface area (Å²) in [5, 5.41) is 3.30. The van der Waals surface area contributed by atoms with Crippen LogP contribution in [-0.4, -0.2) is 46.5 Å². The van der Waals surface area contributed by atoms with Crippen molar-refractivity contribution < 1.29 is 8.42 Å². The van der Waals surface area contributed by atoms with Gasteiger partial charge < -0.3 is 10.2 Å². The Kier molecular flexibility index (Phi) is 7.31. The molecular weight excluding hydrogens is 286 g/mol. The van der Waals surface area contributed by atoms with Crippen LogP contribution in [0, 0.1) is 0 Å². The van der Waals surface area contributed by atoms with Crippen LogP contribution in [0.1, 0.15) is 25.8 Å². The van der Waals surface area contributed by atoms with Gasteiger partial charge >= 0.3 is 0 Å². The van der Waals surface area contributed by atoms with Crippen LogP contribution < -0.4 is 10.0 Å². The SMILES string of the molecule is CC(C)NCc1ccc(S(=O)(=O)NCCCN(C)C)cc1. The van der Waals surface area contributed by atoms with Gasteiger partial charge in [-0.05, 0) is 44.8 Å². The summed E-state index contributed by atoms with van der Waals surface area (Å²) in [5.74, 6) is 0. The molecule has 6 heteroatoms. The van der Waals surface area contributed by atoms with Crippen LogP contribution in [0.15, 0.2) is 29.2 Å². The Morgan fingerprint density at radius 1 is 1.14 bits per heavy atom. The van der Waals surface area contributed by atoms with Crippen LogP contribution in [0.2, 0.25) is 0 Å². The number of nitrogens with one attached hydrogen (secondary N) is 2. The van der Waals surface area contributed by atoms with Crippen molar-refractivity contribution in [3.05, 3.63) is 29.8 Å². The molecule has 0 spiro atoms. The molecule has 0 aliphatic heterocycles. The Morgan fingerprint density at radius 3 is 2.29 bits per heavy atom. The van der Waals surface area contributed by atoms with Crippen LogP contribution in [0.4, 0.5) is 0 Å². The Balaban J connectivity index is 2.54. The van der Waals surface area contributed by atoms with Gasteiger partial charge in [0.2, 0.25) is 10.0 Å². The van der Waals surface area contributed by atoms with Gasteiger partial charge in [0.15, 0.2) is 0 Å². The molecule has 0 amide bonds. The van der Waals surface area contributed by atoms with Crippen molar-refractivity contribution in [2.75, 3.05) is 27.2 Å². The topological polar surface area (TPSA) is 61.4 Å². The predicted molar refractivity (Wildman–Crippen MR) is 86.8 cm³/mol. The smallest absolute Gasteiger partial charge is 0.240 e. The van der Waals surface area contributed by atoms with E-state index in [9.17, 15) is 8.42 Å². The molecule has 2 N–H and O–H groups in total. The Hall–Kier alpha value is -0.950. The first-order valence-electron chi connectivity index (χ1n) is 7.28. The fraction of sp³-hybridized carbons (Fsp3) is 0.600. The third-order valence-corrected chi connectivity index (χ3v) is 4.50. The number of benzene rings is 1. The predicted octanol–water partition coefficient (Wildman–Crippen LogP) is 1.41. The molecule has 5 nitrogen and oxygen atoms in total. The number of rotatable bonds is 9. The van der Waals surface area contributed by atoms with Crippen LogP contribution in [0.25, 0.3) is 0 Å². The molecule has 0 unspecified atom stereocenters. The van der Waals surface area contributed by atoms with Crippen molar-refractivity contribution in [3.8, 4) is 0 Å².